The highest BCUT2D eigenvalue weighted by molar-refractivity contribution is 5.75. The minimum atomic E-state index is -0.0364. The van der Waals surface area contributed by atoms with Crippen molar-refractivity contribution in [3.8, 4) is 5.69 Å². The van der Waals surface area contributed by atoms with Gasteiger partial charge in [-0.3, -0.25) is 0 Å². The van der Waals surface area contributed by atoms with Crippen molar-refractivity contribution in [3.05, 3.63) is 66.0 Å². The van der Waals surface area contributed by atoms with Crippen molar-refractivity contribution >= 4 is 6.03 Å². The smallest absolute Gasteiger partial charge is 0.318 e. The molecule has 7 nitrogen and oxygen atoms in total. The van der Waals surface area contributed by atoms with Gasteiger partial charge in [0.25, 0.3) is 0 Å². The van der Waals surface area contributed by atoms with Crippen molar-refractivity contribution in [2.75, 3.05) is 0 Å². The van der Waals surface area contributed by atoms with Crippen molar-refractivity contribution in [2.45, 2.75) is 32.0 Å². The highest BCUT2D eigenvalue weighted by Crippen LogP contribution is 2.40. The maximum absolute atomic E-state index is 13.0. The van der Waals surface area contributed by atoms with Gasteiger partial charge in [0.05, 0.1) is 36.7 Å². The third-order valence-electron chi connectivity index (χ3n) is 5.45. The van der Waals surface area contributed by atoms with Gasteiger partial charge in [0, 0.05) is 25.0 Å². The van der Waals surface area contributed by atoms with Crippen LogP contribution < -0.4 is 5.32 Å². The molecule has 1 N–H and O–H groups in total. The lowest BCUT2D eigenvalue weighted by Crippen LogP contribution is -2.40. The number of rotatable bonds is 4. The number of hydrogen-bond acceptors (Lipinski definition) is 3. The first-order valence-corrected chi connectivity index (χ1v) is 9.34. The van der Waals surface area contributed by atoms with E-state index in [0.29, 0.717) is 19.0 Å². The molecule has 1 fully saturated rings. The SMILES string of the molecule is Cn1ccnc1C(NC(=O)N1Cc2cnn(-c3ccccc3)c2C1)C1CC1. The van der Waals surface area contributed by atoms with Gasteiger partial charge in [0.2, 0.25) is 0 Å². The molecule has 1 unspecified atom stereocenters. The van der Waals surface area contributed by atoms with Crippen molar-refractivity contribution in [3.63, 3.8) is 0 Å². The van der Waals surface area contributed by atoms with Gasteiger partial charge in [-0.2, -0.15) is 5.10 Å². The summed E-state index contributed by atoms with van der Waals surface area (Å²) in [6.45, 7) is 1.15. The molecule has 2 amide bonds. The monoisotopic (exact) mass is 362 g/mol. The first kappa shape index (κ1) is 16.1. The molecule has 3 aromatic rings. The fourth-order valence-electron chi connectivity index (χ4n) is 3.81. The van der Waals surface area contributed by atoms with E-state index in [-0.39, 0.29) is 12.1 Å². The average Bonchev–Trinajstić information content (AvgIpc) is 3.10. The lowest BCUT2D eigenvalue weighted by Gasteiger charge is -2.23. The van der Waals surface area contributed by atoms with E-state index in [1.54, 1.807) is 6.20 Å². The lowest BCUT2D eigenvalue weighted by molar-refractivity contribution is 0.191. The number of para-hydroxylation sites is 1. The Hall–Kier alpha value is -3.09. The third kappa shape index (κ3) is 2.89. The summed E-state index contributed by atoms with van der Waals surface area (Å²) in [5.74, 6) is 1.41. The number of hydrogen-bond donors (Lipinski definition) is 1. The van der Waals surface area contributed by atoms with Crippen molar-refractivity contribution < 1.29 is 4.79 Å². The van der Waals surface area contributed by atoms with Crippen molar-refractivity contribution in [1.29, 1.82) is 0 Å². The normalized spacial score (nSPS) is 17.0. The molecular weight excluding hydrogens is 340 g/mol. The molecule has 0 bridgehead atoms. The number of aromatic nitrogens is 4. The molecule has 1 aromatic carbocycles. The number of urea groups is 1. The van der Waals surface area contributed by atoms with Gasteiger partial charge in [-0.05, 0) is 30.9 Å². The number of nitrogens with zero attached hydrogens (tertiary/aromatic N) is 5. The van der Waals surface area contributed by atoms with Crippen LogP contribution in [0.2, 0.25) is 0 Å². The molecule has 1 aliphatic heterocycles. The molecule has 1 atom stereocenters. The summed E-state index contributed by atoms with van der Waals surface area (Å²) in [5.41, 5.74) is 3.20. The molecule has 7 heteroatoms. The highest BCUT2D eigenvalue weighted by Gasteiger charge is 2.37. The van der Waals surface area contributed by atoms with E-state index in [0.717, 1.165) is 35.6 Å². The number of carbonyl (C=O) groups is 1. The van der Waals surface area contributed by atoms with Gasteiger partial charge in [0.15, 0.2) is 0 Å². The van der Waals surface area contributed by atoms with Crippen molar-refractivity contribution in [2.24, 2.45) is 13.0 Å². The van der Waals surface area contributed by atoms with Crippen LogP contribution in [0, 0.1) is 5.92 Å². The maximum atomic E-state index is 13.0. The first-order chi connectivity index (χ1) is 13.2. The number of benzene rings is 1. The Morgan fingerprint density at radius 3 is 2.74 bits per heavy atom. The topological polar surface area (TPSA) is 68.0 Å². The molecule has 5 rings (SSSR count). The Balaban J connectivity index is 1.33. The zero-order valence-corrected chi connectivity index (χ0v) is 15.2. The summed E-state index contributed by atoms with van der Waals surface area (Å²) in [7, 11) is 1.98. The van der Waals surface area contributed by atoms with Gasteiger partial charge < -0.3 is 14.8 Å². The Bertz CT molecular complexity index is 972. The Morgan fingerprint density at radius 2 is 2.04 bits per heavy atom. The molecular formula is C20H22N6O. The highest BCUT2D eigenvalue weighted by atomic mass is 16.2. The van der Waals surface area contributed by atoms with Gasteiger partial charge in [-0.1, -0.05) is 18.2 Å². The summed E-state index contributed by atoms with van der Waals surface area (Å²) in [6.07, 6.45) is 7.86. The predicted molar refractivity (Wildman–Crippen MR) is 100 cm³/mol. The van der Waals surface area contributed by atoms with Crippen LogP contribution >= 0.6 is 0 Å². The summed E-state index contributed by atoms with van der Waals surface area (Å²) < 4.78 is 3.93. The minimum Gasteiger partial charge on any atom is -0.336 e. The summed E-state index contributed by atoms with van der Waals surface area (Å²) >= 11 is 0. The van der Waals surface area contributed by atoms with E-state index < -0.39 is 0 Å². The van der Waals surface area contributed by atoms with Crippen LogP contribution in [0.15, 0.2) is 48.9 Å². The molecule has 0 spiro atoms. The van der Waals surface area contributed by atoms with Crippen LogP contribution in [0.4, 0.5) is 4.79 Å². The fourth-order valence-corrected chi connectivity index (χ4v) is 3.81. The fraction of sp³-hybridized carbons (Fsp3) is 0.350. The first-order valence-electron chi connectivity index (χ1n) is 9.34. The van der Waals surface area contributed by atoms with E-state index in [9.17, 15) is 4.79 Å². The van der Waals surface area contributed by atoms with E-state index >= 15 is 0 Å². The lowest BCUT2D eigenvalue weighted by atomic mass is 10.1. The average molecular weight is 362 g/mol. The quantitative estimate of drug-likeness (QED) is 0.776. The zero-order valence-electron chi connectivity index (χ0n) is 15.2. The Labute approximate surface area is 157 Å². The Morgan fingerprint density at radius 1 is 1.22 bits per heavy atom. The molecule has 2 aliphatic rings. The largest absolute Gasteiger partial charge is 0.336 e. The second-order valence-electron chi connectivity index (χ2n) is 7.38. The molecule has 1 saturated carbocycles. The van der Waals surface area contributed by atoms with Crippen LogP contribution in [0.3, 0.4) is 0 Å². The number of carbonyl (C=O) groups excluding carboxylic acids is 1. The number of aryl methyl sites for hydroxylation is 1. The van der Waals surface area contributed by atoms with Gasteiger partial charge in [-0.15, -0.1) is 0 Å². The van der Waals surface area contributed by atoms with Gasteiger partial charge in [0.1, 0.15) is 5.82 Å². The molecule has 2 aromatic heterocycles. The van der Waals surface area contributed by atoms with Gasteiger partial charge >= 0.3 is 6.03 Å². The number of imidazole rings is 1. The number of fused-ring (bicyclic) bond motifs is 1. The van der Waals surface area contributed by atoms with E-state index in [4.69, 9.17) is 0 Å². The predicted octanol–water partition coefficient (Wildman–Crippen LogP) is 2.78. The molecule has 0 radical (unpaired) electrons. The number of amides is 2. The summed E-state index contributed by atoms with van der Waals surface area (Å²) in [6, 6.07) is 9.98. The molecule has 0 saturated heterocycles. The number of nitrogens with one attached hydrogen (secondary N) is 1. The third-order valence-corrected chi connectivity index (χ3v) is 5.45. The second-order valence-corrected chi connectivity index (χ2v) is 7.38. The summed E-state index contributed by atoms with van der Waals surface area (Å²) in [5, 5.41) is 7.72. The molecule has 1 aliphatic carbocycles. The molecule has 27 heavy (non-hydrogen) atoms. The van der Waals surface area contributed by atoms with Crippen molar-refractivity contribution in [1.82, 2.24) is 29.5 Å². The van der Waals surface area contributed by atoms with E-state index in [1.165, 1.54) is 0 Å². The maximum Gasteiger partial charge on any atom is 0.318 e. The van der Waals surface area contributed by atoms with Crippen LogP contribution in [0.25, 0.3) is 5.69 Å². The van der Waals surface area contributed by atoms with Gasteiger partial charge in [-0.25, -0.2) is 14.5 Å². The van der Waals surface area contributed by atoms with Crippen LogP contribution in [0.1, 0.15) is 36.0 Å². The van der Waals surface area contributed by atoms with Crippen LogP contribution in [0.5, 0.6) is 0 Å². The standard InChI is InChI=1S/C20H22N6O/c1-24-10-9-21-19(24)18(14-7-8-14)23-20(27)25-12-15-11-22-26(17(15)13-25)16-5-3-2-4-6-16/h2-6,9-11,14,18H,7-8,12-13H2,1H3,(H,23,27). The van der Waals surface area contributed by atoms with E-state index in [1.807, 2.05) is 63.9 Å². The van der Waals surface area contributed by atoms with Crippen LogP contribution in [-0.2, 0) is 20.1 Å². The van der Waals surface area contributed by atoms with E-state index in [2.05, 4.69) is 15.4 Å². The minimum absolute atomic E-state index is 0.0214. The molecule has 3 heterocycles. The second kappa shape index (κ2) is 6.26. The summed E-state index contributed by atoms with van der Waals surface area (Å²) in [4.78, 5) is 19.3. The zero-order chi connectivity index (χ0) is 18.4. The van der Waals surface area contributed by atoms with Crippen LogP contribution in [-0.4, -0.2) is 30.3 Å². The molecule has 138 valence electrons. The Kier molecular flexibility index (Phi) is 3.74.